The minimum atomic E-state index is -3.05. The predicted molar refractivity (Wildman–Crippen MR) is 80.6 cm³/mol. The standard InChI is InChI=1S/C15H23NO3S/c1-3-8-20(17,18)11-13-9-12(4-7-15(13)19-2)10-16-14-5-6-14/h4,7,9,14,16H,3,5-6,8,10-11H2,1-2H3. The fraction of sp³-hybridized carbons (Fsp3) is 0.600. The van der Waals surface area contributed by atoms with E-state index in [-0.39, 0.29) is 11.5 Å². The molecule has 0 radical (unpaired) electrons. The van der Waals surface area contributed by atoms with Crippen LogP contribution in [0.4, 0.5) is 0 Å². The summed E-state index contributed by atoms with van der Waals surface area (Å²) in [5, 5.41) is 3.44. The van der Waals surface area contributed by atoms with Gasteiger partial charge in [0, 0.05) is 18.2 Å². The summed E-state index contributed by atoms with van der Waals surface area (Å²) >= 11 is 0. The predicted octanol–water partition coefficient (Wildman–Crippen LogP) is 2.27. The number of ether oxygens (including phenoxy) is 1. The Morgan fingerprint density at radius 3 is 2.70 bits per heavy atom. The zero-order valence-electron chi connectivity index (χ0n) is 12.2. The minimum Gasteiger partial charge on any atom is -0.496 e. The monoisotopic (exact) mass is 297 g/mol. The maximum atomic E-state index is 12.0. The van der Waals surface area contributed by atoms with Crippen molar-refractivity contribution in [3.63, 3.8) is 0 Å². The molecule has 1 aliphatic carbocycles. The number of sulfone groups is 1. The van der Waals surface area contributed by atoms with E-state index in [1.807, 2.05) is 25.1 Å². The summed E-state index contributed by atoms with van der Waals surface area (Å²) in [6, 6.07) is 6.44. The maximum absolute atomic E-state index is 12.0. The zero-order chi connectivity index (χ0) is 14.6. The van der Waals surface area contributed by atoms with E-state index in [0.717, 1.165) is 17.7 Å². The molecule has 0 amide bonds. The van der Waals surface area contributed by atoms with Gasteiger partial charge in [0.05, 0.1) is 18.6 Å². The molecule has 1 saturated carbocycles. The van der Waals surface area contributed by atoms with E-state index in [1.165, 1.54) is 12.8 Å². The van der Waals surface area contributed by atoms with E-state index < -0.39 is 9.84 Å². The second kappa shape index (κ2) is 6.59. The van der Waals surface area contributed by atoms with Gasteiger partial charge < -0.3 is 10.1 Å². The van der Waals surface area contributed by atoms with E-state index in [4.69, 9.17) is 4.74 Å². The number of hydrogen-bond donors (Lipinski definition) is 1. The number of hydrogen-bond acceptors (Lipinski definition) is 4. The molecule has 0 unspecified atom stereocenters. The van der Waals surface area contributed by atoms with Crippen molar-refractivity contribution in [2.75, 3.05) is 12.9 Å². The fourth-order valence-electron chi connectivity index (χ4n) is 2.22. The summed E-state index contributed by atoms with van der Waals surface area (Å²) in [6.45, 7) is 2.67. The molecule has 0 bridgehead atoms. The summed E-state index contributed by atoms with van der Waals surface area (Å²) in [7, 11) is -1.48. The van der Waals surface area contributed by atoms with Gasteiger partial charge in [-0.3, -0.25) is 0 Å². The smallest absolute Gasteiger partial charge is 0.154 e. The third-order valence-corrected chi connectivity index (χ3v) is 5.19. The van der Waals surface area contributed by atoms with Crippen LogP contribution in [0.1, 0.15) is 37.3 Å². The third-order valence-electron chi connectivity index (χ3n) is 3.41. The highest BCUT2D eigenvalue weighted by Crippen LogP contribution is 2.24. The van der Waals surface area contributed by atoms with Crippen molar-refractivity contribution in [2.24, 2.45) is 0 Å². The van der Waals surface area contributed by atoms with Gasteiger partial charge in [0.25, 0.3) is 0 Å². The van der Waals surface area contributed by atoms with Gasteiger partial charge in [-0.15, -0.1) is 0 Å². The molecule has 1 N–H and O–H groups in total. The molecule has 0 aromatic heterocycles. The highest BCUT2D eigenvalue weighted by atomic mass is 32.2. The van der Waals surface area contributed by atoms with Crippen LogP contribution in [0.5, 0.6) is 5.75 Å². The summed E-state index contributed by atoms with van der Waals surface area (Å²) in [5.74, 6) is 0.932. The average molecular weight is 297 g/mol. The molecular formula is C15H23NO3S. The summed E-state index contributed by atoms with van der Waals surface area (Å²) in [5.41, 5.74) is 1.87. The van der Waals surface area contributed by atoms with Crippen LogP contribution in [0.3, 0.4) is 0 Å². The molecule has 1 aromatic rings. The van der Waals surface area contributed by atoms with Crippen molar-refractivity contribution in [1.82, 2.24) is 5.32 Å². The van der Waals surface area contributed by atoms with Crippen LogP contribution in [-0.4, -0.2) is 27.3 Å². The molecule has 0 aliphatic heterocycles. The first-order valence-corrected chi connectivity index (χ1v) is 8.96. The highest BCUT2D eigenvalue weighted by Gasteiger charge is 2.20. The van der Waals surface area contributed by atoms with E-state index in [0.29, 0.717) is 18.2 Å². The van der Waals surface area contributed by atoms with Gasteiger partial charge in [-0.05, 0) is 37.0 Å². The summed E-state index contributed by atoms with van der Waals surface area (Å²) in [4.78, 5) is 0. The van der Waals surface area contributed by atoms with Crippen LogP contribution in [0.25, 0.3) is 0 Å². The molecule has 1 aromatic carbocycles. The molecule has 20 heavy (non-hydrogen) atoms. The quantitative estimate of drug-likeness (QED) is 0.800. The van der Waals surface area contributed by atoms with E-state index in [2.05, 4.69) is 5.32 Å². The highest BCUT2D eigenvalue weighted by molar-refractivity contribution is 7.90. The molecule has 4 nitrogen and oxygen atoms in total. The Balaban J connectivity index is 2.12. The van der Waals surface area contributed by atoms with Crippen LogP contribution in [-0.2, 0) is 22.1 Å². The van der Waals surface area contributed by atoms with Crippen LogP contribution in [0, 0.1) is 0 Å². The first kappa shape index (κ1) is 15.3. The second-order valence-electron chi connectivity index (χ2n) is 5.39. The SMILES string of the molecule is CCCS(=O)(=O)Cc1cc(CNC2CC2)ccc1OC. The average Bonchev–Trinajstić information content (AvgIpc) is 3.20. The normalized spacial score (nSPS) is 15.3. The number of benzene rings is 1. The van der Waals surface area contributed by atoms with Gasteiger partial charge >= 0.3 is 0 Å². The van der Waals surface area contributed by atoms with Crippen molar-refractivity contribution >= 4 is 9.84 Å². The summed E-state index contributed by atoms with van der Waals surface area (Å²) in [6.07, 6.45) is 3.13. The Kier molecular flexibility index (Phi) is 5.05. The molecule has 0 spiro atoms. The zero-order valence-corrected chi connectivity index (χ0v) is 13.0. The van der Waals surface area contributed by atoms with Crippen molar-refractivity contribution in [3.8, 4) is 5.75 Å². The second-order valence-corrected chi connectivity index (χ2v) is 7.58. The molecule has 1 fully saturated rings. The fourth-order valence-corrected chi connectivity index (χ4v) is 3.69. The van der Waals surface area contributed by atoms with Crippen LogP contribution >= 0.6 is 0 Å². The van der Waals surface area contributed by atoms with Crippen molar-refractivity contribution in [1.29, 1.82) is 0 Å². The molecule has 0 saturated heterocycles. The summed E-state index contributed by atoms with van der Waals surface area (Å²) < 4.78 is 29.2. The molecule has 2 rings (SSSR count). The molecule has 112 valence electrons. The lowest BCUT2D eigenvalue weighted by Crippen LogP contribution is -2.16. The van der Waals surface area contributed by atoms with Gasteiger partial charge in [0.1, 0.15) is 5.75 Å². The molecular weight excluding hydrogens is 274 g/mol. The molecule has 0 heterocycles. The van der Waals surface area contributed by atoms with Crippen molar-refractivity contribution in [3.05, 3.63) is 29.3 Å². The Labute approximate surface area is 121 Å². The molecule has 1 aliphatic rings. The van der Waals surface area contributed by atoms with Gasteiger partial charge in [-0.25, -0.2) is 8.42 Å². The topological polar surface area (TPSA) is 55.4 Å². The van der Waals surface area contributed by atoms with Gasteiger partial charge in [0.15, 0.2) is 9.84 Å². The van der Waals surface area contributed by atoms with Gasteiger partial charge in [-0.2, -0.15) is 0 Å². The number of nitrogens with one attached hydrogen (secondary N) is 1. The Hall–Kier alpha value is -1.07. The van der Waals surface area contributed by atoms with Crippen LogP contribution < -0.4 is 10.1 Å². The number of methoxy groups -OCH3 is 1. The van der Waals surface area contributed by atoms with E-state index in [9.17, 15) is 8.42 Å². The van der Waals surface area contributed by atoms with Crippen molar-refractivity contribution < 1.29 is 13.2 Å². The largest absolute Gasteiger partial charge is 0.496 e. The lowest BCUT2D eigenvalue weighted by atomic mass is 10.1. The molecule has 0 atom stereocenters. The molecule has 5 heteroatoms. The lowest BCUT2D eigenvalue weighted by Gasteiger charge is -2.11. The van der Waals surface area contributed by atoms with Gasteiger partial charge in [-0.1, -0.05) is 13.0 Å². The van der Waals surface area contributed by atoms with Crippen LogP contribution in [0.15, 0.2) is 18.2 Å². The van der Waals surface area contributed by atoms with Crippen LogP contribution in [0.2, 0.25) is 0 Å². The lowest BCUT2D eigenvalue weighted by molar-refractivity contribution is 0.410. The van der Waals surface area contributed by atoms with E-state index >= 15 is 0 Å². The minimum absolute atomic E-state index is 0.0568. The first-order valence-electron chi connectivity index (χ1n) is 7.13. The Morgan fingerprint density at radius 2 is 2.10 bits per heavy atom. The first-order chi connectivity index (χ1) is 9.54. The Morgan fingerprint density at radius 1 is 1.35 bits per heavy atom. The Bertz CT molecular complexity index is 550. The third kappa shape index (κ3) is 4.49. The van der Waals surface area contributed by atoms with Crippen molar-refractivity contribution in [2.45, 2.75) is 44.5 Å². The van der Waals surface area contributed by atoms with Gasteiger partial charge in [0.2, 0.25) is 0 Å². The maximum Gasteiger partial charge on any atom is 0.154 e. The van der Waals surface area contributed by atoms with E-state index in [1.54, 1.807) is 7.11 Å². The number of rotatable bonds is 8.